The van der Waals surface area contributed by atoms with Crippen molar-refractivity contribution in [2.24, 2.45) is 0 Å². The second-order valence-electron chi connectivity index (χ2n) is 4.70. The van der Waals surface area contributed by atoms with Crippen molar-refractivity contribution in [2.45, 2.75) is 18.9 Å². The van der Waals surface area contributed by atoms with Crippen molar-refractivity contribution in [3.63, 3.8) is 0 Å². The Hall–Kier alpha value is -1.80. The third kappa shape index (κ3) is 2.79. The predicted octanol–water partition coefficient (Wildman–Crippen LogP) is 4.36. The Morgan fingerprint density at radius 3 is 2.32 bits per heavy atom. The number of aldehydes is 1. The molecule has 0 aromatic heterocycles. The predicted molar refractivity (Wildman–Crippen MR) is 75.9 cm³/mol. The van der Waals surface area contributed by atoms with Crippen LogP contribution in [0.2, 0.25) is 5.02 Å². The highest BCUT2D eigenvalue weighted by molar-refractivity contribution is 6.33. The third-order valence-corrected chi connectivity index (χ3v) is 3.47. The lowest BCUT2D eigenvalue weighted by atomic mass is 10.0. The van der Waals surface area contributed by atoms with Gasteiger partial charge in [0.1, 0.15) is 5.75 Å². The third-order valence-electron chi connectivity index (χ3n) is 3.14. The van der Waals surface area contributed by atoms with Crippen LogP contribution in [0.25, 0.3) is 11.1 Å². The molecule has 2 nitrogen and oxygen atoms in total. The van der Waals surface area contributed by atoms with E-state index in [0.29, 0.717) is 16.7 Å². The lowest BCUT2D eigenvalue weighted by Crippen LogP contribution is -1.95. The molecule has 3 heteroatoms. The fraction of sp³-hybridized carbons (Fsp3) is 0.188. The molecule has 0 heterocycles. The van der Waals surface area contributed by atoms with Gasteiger partial charge in [-0.3, -0.25) is 4.79 Å². The molecule has 1 saturated carbocycles. The molecule has 96 valence electrons. The smallest absolute Gasteiger partial charge is 0.151 e. The second-order valence-corrected chi connectivity index (χ2v) is 5.10. The Morgan fingerprint density at radius 1 is 1.05 bits per heavy atom. The molecule has 2 aromatic rings. The van der Waals surface area contributed by atoms with Crippen LogP contribution >= 0.6 is 11.6 Å². The van der Waals surface area contributed by atoms with Gasteiger partial charge in [-0.25, -0.2) is 0 Å². The van der Waals surface area contributed by atoms with Crippen molar-refractivity contribution in [3.8, 4) is 16.9 Å². The van der Waals surface area contributed by atoms with Gasteiger partial charge in [0.2, 0.25) is 0 Å². The summed E-state index contributed by atoms with van der Waals surface area (Å²) in [7, 11) is 0. The molecule has 0 saturated heterocycles. The number of carbonyl (C=O) groups is 1. The monoisotopic (exact) mass is 272 g/mol. The van der Waals surface area contributed by atoms with Crippen LogP contribution in [0.1, 0.15) is 23.2 Å². The molecule has 0 amide bonds. The van der Waals surface area contributed by atoms with Crippen LogP contribution in [0.15, 0.2) is 42.5 Å². The summed E-state index contributed by atoms with van der Waals surface area (Å²) in [4.78, 5) is 10.7. The van der Waals surface area contributed by atoms with Crippen LogP contribution in [0.4, 0.5) is 0 Å². The quantitative estimate of drug-likeness (QED) is 0.773. The minimum atomic E-state index is 0.409. The summed E-state index contributed by atoms with van der Waals surface area (Å²) in [6.07, 6.45) is 3.49. The molecule has 1 fully saturated rings. The summed E-state index contributed by atoms with van der Waals surface area (Å²) in [5.74, 6) is 0.904. The molecule has 3 rings (SSSR count). The maximum Gasteiger partial charge on any atom is 0.151 e. The summed E-state index contributed by atoms with van der Waals surface area (Å²) in [6, 6.07) is 13.4. The highest BCUT2D eigenvalue weighted by atomic mass is 35.5. The zero-order valence-corrected chi connectivity index (χ0v) is 11.1. The van der Waals surface area contributed by atoms with Gasteiger partial charge in [0.05, 0.1) is 11.1 Å². The maximum atomic E-state index is 10.7. The van der Waals surface area contributed by atoms with Gasteiger partial charge in [0.15, 0.2) is 6.29 Å². The van der Waals surface area contributed by atoms with E-state index in [1.165, 1.54) is 0 Å². The Bertz CT molecular complexity index is 601. The first-order valence-electron chi connectivity index (χ1n) is 6.28. The summed E-state index contributed by atoms with van der Waals surface area (Å²) >= 11 is 6.03. The number of ether oxygens (including phenoxy) is 1. The second kappa shape index (κ2) is 5.06. The fourth-order valence-corrected chi connectivity index (χ4v) is 2.13. The molecule has 0 spiro atoms. The van der Waals surface area contributed by atoms with Crippen LogP contribution in [-0.4, -0.2) is 12.4 Å². The normalized spacial score (nSPS) is 14.2. The van der Waals surface area contributed by atoms with Crippen LogP contribution in [0.3, 0.4) is 0 Å². The van der Waals surface area contributed by atoms with Gasteiger partial charge in [-0.2, -0.15) is 0 Å². The number of rotatable bonds is 4. The van der Waals surface area contributed by atoms with Crippen LogP contribution in [-0.2, 0) is 0 Å². The fourth-order valence-electron chi connectivity index (χ4n) is 1.91. The van der Waals surface area contributed by atoms with E-state index in [9.17, 15) is 4.79 Å². The zero-order chi connectivity index (χ0) is 13.2. The van der Waals surface area contributed by atoms with E-state index in [2.05, 4.69) is 0 Å². The lowest BCUT2D eigenvalue weighted by molar-refractivity contribution is 0.112. The van der Waals surface area contributed by atoms with Gasteiger partial charge in [-0.1, -0.05) is 29.8 Å². The minimum Gasteiger partial charge on any atom is -0.490 e. The molecule has 0 bridgehead atoms. The van der Waals surface area contributed by atoms with E-state index in [0.717, 1.165) is 36.0 Å². The van der Waals surface area contributed by atoms with Gasteiger partial charge < -0.3 is 4.74 Å². The van der Waals surface area contributed by atoms with E-state index in [-0.39, 0.29) is 0 Å². The van der Waals surface area contributed by atoms with Crippen LogP contribution in [0, 0.1) is 0 Å². The Balaban J connectivity index is 1.84. The highest BCUT2D eigenvalue weighted by Crippen LogP contribution is 2.29. The number of hydrogen-bond donors (Lipinski definition) is 0. The van der Waals surface area contributed by atoms with E-state index >= 15 is 0 Å². The molecule has 0 atom stereocenters. The van der Waals surface area contributed by atoms with Crippen LogP contribution < -0.4 is 4.74 Å². The van der Waals surface area contributed by atoms with Crippen molar-refractivity contribution < 1.29 is 9.53 Å². The average molecular weight is 273 g/mol. The highest BCUT2D eigenvalue weighted by Gasteiger charge is 2.23. The molecular weight excluding hydrogens is 260 g/mol. The molecule has 19 heavy (non-hydrogen) atoms. The van der Waals surface area contributed by atoms with Crippen molar-refractivity contribution in [1.29, 1.82) is 0 Å². The average Bonchev–Trinajstić information content (AvgIpc) is 3.23. The maximum absolute atomic E-state index is 10.7. The van der Waals surface area contributed by atoms with E-state index in [1.807, 2.05) is 36.4 Å². The number of benzene rings is 2. The van der Waals surface area contributed by atoms with Gasteiger partial charge in [-0.15, -0.1) is 0 Å². The van der Waals surface area contributed by atoms with Gasteiger partial charge in [0, 0.05) is 5.56 Å². The molecule has 0 unspecified atom stereocenters. The first-order chi connectivity index (χ1) is 9.26. The lowest BCUT2D eigenvalue weighted by Gasteiger charge is -2.07. The van der Waals surface area contributed by atoms with Crippen molar-refractivity contribution in [2.75, 3.05) is 0 Å². The Morgan fingerprint density at radius 2 is 1.74 bits per heavy atom. The van der Waals surface area contributed by atoms with Crippen molar-refractivity contribution in [1.82, 2.24) is 0 Å². The van der Waals surface area contributed by atoms with Crippen molar-refractivity contribution >= 4 is 17.9 Å². The Labute approximate surface area is 117 Å². The van der Waals surface area contributed by atoms with E-state index in [1.54, 1.807) is 6.07 Å². The largest absolute Gasteiger partial charge is 0.490 e. The standard InChI is InChI=1S/C16H13ClO2/c17-16-9-12(1-2-13(16)10-18)11-3-5-14(6-4-11)19-15-7-8-15/h1-6,9-10,15H,7-8H2. The molecule has 1 aliphatic rings. The molecule has 2 aromatic carbocycles. The van der Waals surface area contributed by atoms with E-state index in [4.69, 9.17) is 16.3 Å². The molecule has 0 N–H and O–H groups in total. The molecule has 1 aliphatic carbocycles. The first-order valence-corrected chi connectivity index (χ1v) is 6.66. The Kier molecular flexibility index (Phi) is 3.26. The van der Waals surface area contributed by atoms with Gasteiger partial charge >= 0.3 is 0 Å². The van der Waals surface area contributed by atoms with Gasteiger partial charge in [0.25, 0.3) is 0 Å². The number of halogens is 1. The van der Waals surface area contributed by atoms with E-state index < -0.39 is 0 Å². The molecule has 0 radical (unpaired) electrons. The van der Waals surface area contributed by atoms with Crippen molar-refractivity contribution in [3.05, 3.63) is 53.1 Å². The first kappa shape index (κ1) is 12.2. The SMILES string of the molecule is O=Cc1ccc(-c2ccc(OC3CC3)cc2)cc1Cl. The molecule has 0 aliphatic heterocycles. The number of hydrogen-bond acceptors (Lipinski definition) is 2. The molecular formula is C16H13ClO2. The topological polar surface area (TPSA) is 26.3 Å². The minimum absolute atomic E-state index is 0.409. The zero-order valence-electron chi connectivity index (χ0n) is 10.3. The summed E-state index contributed by atoms with van der Waals surface area (Å²) in [6.45, 7) is 0. The van der Waals surface area contributed by atoms with Crippen LogP contribution in [0.5, 0.6) is 5.75 Å². The summed E-state index contributed by atoms with van der Waals surface area (Å²) in [5, 5.41) is 0.478. The van der Waals surface area contributed by atoms with Gasteiger partial charge in [-0.05, 0) is 48.2 Å². The number of carbonyl (C=O) groups excluding carboxylic acids is 1. The summed E-state index contributed by atoms with van der Waals surface area (Å²) < 4.78 is 5.70. The summed E-state index contributed by atoms with van der Waals surface area (Å²) in [5.41, 5.74) is 2.56.